The molecule has 0 unspecified atom stereocenters. The van der Waals surface area contributed by atoms with E-state index in [0.717, 1.165) is 38.2 Å². The van der Waals surface area contributed by atoms with Crippen molar-refractivity contribution in [3.05, 3.63) is 194 Å². The molecule has 0 bridgehead atoms. The van der Waals surface area contributed by atoms with Gasteiger partial charge in [0.05, 0.1) is 27.8 Å². The summed E-state index contributed by atoms with van der Waals surface area (Å²) in [5.74, 6) is 0.668. The molecule has 266 valence electrons. The summed E-state index contributed by atoms with van der Waals surface area (Å²) in [7, 11) is 0. The van der Waals surface area contributed by atoms with Crippen molar-refractivity contribution in [1.29, 1.82) is 0 Å². The van der Waals surface area contributed by atoms with Crippen LogP contribution in [0.1, 0.15) is 0 Å². The molecule has 0 saturated carbocycles. The summed E-state index contributed by atoms with van der Waals surface area (Å²) in [6.45, 7) is 0. The minimum absolute atomic E-state index is 0.668. The zero-order valence-electron chi connectivity index (χ0n) is 30.7. The molecule has 12 aromatic rings. The summed E-state index contributed by atoms with van der Waals surface area (Å²) < 4.78 is 4.64. The van der Waals surface area contributed by atoms with Gasteiger partial charge < -0.3 is 4.57 Å². The van der Waals surface area contributed by atoms with E-state index in [2.05, 4.69) is 203 Å². The van der Waals surface area contributed by atoms with Crippen LogP contribution < -0.4 is 0 Å². The van der Waals surface area contributed by atoms with Crippen molar-refractivity contribution in [3.63, 3.8) is 0 Å². The summed E-state index contributed by atoms with van der Waals surface area (Å²) >= 11 is 1.72. The third-order valence-corrected chi connectivity index (χ3v) is 12.4. The van der Waals surface area contributed by atoms with Crippen LogP contribution in [0.2, 0.25) is 0 Å². The molecule has 0 radical (unpaired) electrons. The summed E-state index contributed by atoms with van der Waals surface area (Å²) in [6, 6.07) is 69.6. The normalized spacial score (nSPS) is 11.9. The Hall–Kier alpha value is -7.34. The maximum Gasteiger partial charge on any atom is 0.236 e. The van der Waals surface area contributed by atoms with E-state index in [0.29, 0.717) is 5.95 Å². The highest BCUT2D eigenvalue weighted by Gasteiger charge is 2.21. The van der Waals surface area contributed by atoms with Crippen LogP contribution in [-0.4, -0.2) is 19.1 Å². The number of fused-ring (bicyclic) bond motifs is 9. The molecule has 0 fully saturated rings. The first kappa shape index (κ1) is 32.0. The lowest BCUT2D eigenvalue weighted by Gasteiger charge is -2.10. The summed E-state index contributed by atoms with van der Waals surface area (Å²) in [4.78, 5) is 12.9. The number of nitrogens with zero attached hydrogens (tertiary/aromatic N) is 4. The van der Waals surface area contributed by atoms with E-state index in [1.54, 1.807) is 11.3 Å². The van der Waals surface area contributed by atoms with Crippen molar-refractivity contribution < 1.29 is 0 Å². The standard InChI is InChI=1S/C52H32N4S/c1-4-15-34(16-5-1)48-32-43-50(35-17-6-2-7-18-35)53-52(54-51(43)57-48)56-46-28-26-37(31-42(46)49-39-21-11-10-14-33(39)24-29-47(49)56)36-25-27-45-41(30-36)40-22-12-13-23-44(40)55(45)38-19-8-3-9-20-38/h1-32H. The second-order valence-corrected chi connectivity index (χ2v) is 15.6. The first-order chi connectivity index (χ1) is 28.3. The molecular weight excluding hydrogens is 713 g/mol. The molecule has 8 aromatic carbocycles. The van der Waals surface area contributed by atoms with E-state index in [1.807, 2.05) is 0 Å². The monoisotopic (exact) mass is 744 g/mol. The summed E-state index contributed by atoms with van der Waals surface area (Å²) in [5.41, 5.74) is 11.2. The van der Waals surface area contributed by atoms with Crippen LogP contribution in [0.4, 0.5) is 0 Å². The molecule has 4 aromatic heterocycles. The van der Waals surface area contributed by atoms with Crippen molar-refractivity contribution in [2.24, 2.45) is 0 Å². The van der Waals surface area contributed by atoms with Gasteiger partial charge in [0.1, 0.15) is 4.83 Å². The van der Waals surface area contributed by atoms with Crippen LogP contribution in [-0.2, 0) is 0 Å². The average Bonchev–Trinajstić information content (AvgIpc) is 3.97. The van der Waals surface area contributed by atoms with Crippen LogP contribution >= 0.6 is 11.3 Å². The third kappa shape index (κ3) is 4.99. The van der Waals surface area contributed by atoms with Crippen molar-refractivity contribution in [2.75, 3.05) is 0 Å². The number of para-hydroxylation sites is 2. The number of thiophene rings is 1. The molecule has 0 aliphatic heterocycles. The van der Waals surface area contributed by atoms with Crippen molar-refractivity contribution >= 4 is 75.9 Å². The Morgan fingerprint density at radius 1 is 0.368 bits per heavy atom. The molecular formula is C52H32N4S. The lowest BCUT2D eigenvalue weighted by atomic mass is 9.99. The quantitative estimate of drug-likeness (QED) is 0.176. The number of rotatable bonds is 5. The molecule has 0 N–H and O–H groups in total. The van der Waals surface area contributed by atoms with E-state index in [-0.39, 0.29) is 0 Å². The fourth-order valence-electron chi connectivity index (χ4n) is 8.76. The number of benzene rings is 8. The minimum atomic E-state index is 0.668. The molecule has 0 saturated heterocycles. The van der Waals surface area contributed by atoms with Crippen LogP contribution in [0.5, 0.6) is 0 Å². The van der Waals surface area contributed by atoms with E-state index in [1.165, 1.54) is 64.9 Å². The molecule has 0 aliphatic carbocycles. The number of aromatic nitrogens is 4. The van der Waals surface area contributed by atoms with Crippen LogP contribution in [0.15, 0.2) is 194 Å². The smallest absolute Gasteiger partial charge is 0.236 e. The highest BCUT2D eigenvalue weighted by molar-refractivity contribution is 7.21. The SMILES string of the molecule is c1ccc(-c2cc3c(-c4ccccc4)nc(-n4c5ccc(-c6ccc7c(c6)c6ccccc6n7-c6ccccc6)cc5c5c6ccccc6ccc54)nc3s2)cc1. The first-order valence-corrected chi connectivity index (χ1v) is 20.1. The molecule has 0 atom stereocenters. The molecule has 0 aliphatic rings. The zero-order valence-corrected chi connectivity index (χ0v) is 31.5. The van der Waals surface area contributed by atoms with Gasteiger partial charge in [-0.05, 0) is 82.1 Å². The number of hydrogen-bond donors (Lipinski definition) is 0. The fraction of sp³-hybridized carbons (Fsp3) is 0. The Morgan fingerprint density at radius 2 is 0.965 bits per heavy atom. The fourth-order valence-corrected chi connectivity index (χ4v) is 9.80. The zero-order chi connectivity index (χ0) is 37.5. The van der Waals surface area contributed by atoms with Crippen LogP contribution in [0, 0.1) is 0 Å². The molecule has 12 rings (SSSR count). The molecule has 5 heteroatoms. The Morgan fingerprint density at radius 3 is 1.74 bits per heavy atom. The lowest BCUT2D eigenvalue weighted by molar-refractivity contribution is 1.02. The molecule has 0 spiro atoms. The van der Waals surface area contributed by atoms with Crippen molar-refractivity contribution in [1.82, 2.24) is 19.1 Å². The van der Waals surface area contributed by atoms with Gasteiger partial charge in [-0.3, -0.25) is 4.57 Å². The number of hydrogen-bond acceptors (Lipinski definition) is 3. The van der Waals surface area contributed by atoms with E-state index < -0.39 is 0 Å². The molecule has 57 heavy (non-hydrogen) atoms. The van der Waals surface area contributed by atoms with Gasteiger partial charge in [-0.2, -0.15) is 0 Å². The Kier molecular flexibility index (Phi) is 7.06. The van der Waals surface area contributed by atoms with E-state index in [4.69, 9.17) is 9.97 Å². The van der Waals surface area contributed by atoms with Gasteiger partial charge in [-0.1, -0.05) is 140 Å². The van der Waals surface area contributed by atoms with Gasteiger partial charge in [0, 0.05) is 43.1 Å². The largest absolute Gasteiger partial charge is 0.309 e. The lowest BCUT2D eigenvalue weighted by Crippen LogP contribution is -2.02. The topological polar surface area (TPSA) is 35.6 Å². The van der Waals surface area contributed by atoms with Gasteiger partial charge in [0.25, 0.3) is 0 Å². The Labute approximate surface area is 332 Å². The van der Waals surface area contributed by atoms with Gasteiger partial charge in [0.2, 0.25) is 5.95 Å². The van der Waals surface area contributed by atoms with E-state index >= 15 is 0 Å². The second-order valence-electron chi connectivity index (χ2n) is 14.6. The minimum Gasteiger partial charge on any atom is -0.309 e. The maximum absolute atomic E-state index is 5.43. The Bertz CT molecular complexity index is 3510. The summed E-state index contributed by atoms with van der Waals surface area (Å²) in [5, 5.41) is 8.33. The van der Waals surface area contributed by atoms with Crippen LogP contribution in [0.25, 0.3) is 109 Å². The third-order valence-electron chi connectivity index (χ3n) is 11.4. The van der Waals surface area contributed by atoms with Crippen molar-refractivity contribution in [2.45, 2.75) is 0 Å². The van der Waals surface area contributed by atoms with Crippen molar-refractivity contribution in [3.8, 4) is 44.5 Å². The Balaban J connectivity index is 1.11. The predicted molar refractivity (Wildman–Crippen MR) is 240 cm³/mol. The predicted octanol–water partition coefficient (Wildman–Crippen LogP) is 14.0. The van der Waals surface area contributed by atoms with E-state index in [9.17, 15) is 0 Å². The maximum atomic E-state index is 5.43. The highest BCUT2D eigenvalue weighted by Crippen LogP contribution is 2.42. The van der Waals surface area contributed by atoms with Gasteiger partial charge in [0.15, 0.2) is 0 Å². The summed E-state index contributed by atoms with van der Waals surface area (Å²) in [6.07, 6.45) is 0. The van der Waals surface area contributed by atoms with Gasteiger partial charge >= 0.3 is 0 Å². The van der Waals surface area contributed by atoms with Gasteiger partial charge in [-0.15, -0.1) is 11.3 Å². The highest BCUT2D eigenvalue weighted by atomic mass is 32.1. The van der Waals surface area contributed by atoms with Gasteiger partial charge in [-0.25, -0.2) is 9.97 Å². The molecule has 4 heterocycles. The molecule has 4 nitrogen and oxygen atoms in total. The van der Waals surface area contributed by atoms with Crippen LogP contribution in [0.3, 0.4) is 0 Å². The molecule has 0 amide bonds. The first-order valence-electron chi connectivity index (χ1n) is 19.2. The second kappa shape index (κ2) is 12.6. The average molecular weight is 745 g/mol.